The molecule has 1 nitrogen and oxygen atoms in total. The van der Waals surface area contributed by atoms with Gasteiger partial charge in [0.1, 0.15) is 11.6 Å². The van der Waals surface area contributed by atoms with Crippen LogP contribution in [-0.2, 0) is 6.54 Å². The SMILES string of the molecule is CCCN(Cc1c(F)ccc(Br)c1F)C1CC1. The van der Waals surface area contributed by atoms with Crippen LogP contribution in [0.15, 0.2) is 16.6 Å². The zero-order valence-corrected chi connectivity index (χ0v) is 11.4. The second kappa shape index (κ2) is 5.44. The van der Waals surface area contributed by atoms with Crippen LogP contribution in [0.4, 0.5) is 8.78 Å². The molecule has 0 unspecified atom stereocenters. The third-order valence-electron chi connectivity index (χ3n) is 3.07. The quantitative estimate of drug-likeness (QED) is 0.740. The molecule has 0 heterocycles. The van der Waals surface area contributed by atoms with Gasteiger partial charge in [0.25, 0.3) is 0 Å². The third kappa shape index (κ3) is 3.05. The molecule has 1 fully saturated rings. The predicted molar refractivity (Wildman–Crippen MR) is 67.8 cm³/mol. The maximum atomic E-state index is 13.8. The van der Waals surface area contributed by atoms with Crippen molar-refractivity contribution in [2.45, 2.75) is 38.8 Å². The number of benzene rings is 1. The first-order valence-corrected chi connectivity index (χ1v) is 6.79. The zero-order valence-electron chi connectivity index (χ0n) is 9.85. The molecule has 0 aliphatic heterocycles. The number of rotatable bonds is 5. The molecule has 0 aromatic heterocycles. The largest absolute Gasteiger partial charge is 0.296 e. The minimum Gasteiger partial charge on any atom is -0.296 e. The topological polar surface area (TPSA) is 3.24 Å². The van der Waals surface area contributed by atoms with Gasteiger partial charge in [0, 0.05) is 18.2 Å². The van der Waals surface area contributed by atoms with Gasteiger partial charge in [-0.3, -0.25) is 4.90 Å². The Hall–Kier alpha value is -0.480. The monoisotopic (exact) mass is 303 g/mol. The van der Waals surface area contributed by atoms with Crippen LogP contribution in [0.1, 0.15) is 31.7 Å². The van der Waals surface area contributed by atoms with Gasteiger partial charge in [0.05, 0.1) is 4.47 Å². The van der Waals surface area contributed by atoms with Crippen molar-refractivity contribution in [3.05, 3.63) is 33.8 Å². The summed E-state index contributed by atoms with van der Waals surface area (Å²) in [6.07, 6.45) is 3.31. The maximum Gasteiger partial charge on any atom is 0.144 e. The summed E-state index contributed by atoms with van der Waals surface area (Å²) in [5.74, 6) is -0.917. The molecule has 1 saturated carbocycles. The Bertz CT molecular complexity index is 405. The highest BCUT2D eigenvalue weighted by Gasteiger charge is 2.29. The normalized spacial score (nSPS) is 15.6. The fourth-order valence-electron chi connectivity index (χ4n) is 2.03. The van der Waals surface area contributed by atoms with Crippen LogP contribution in [0.5, 0.6) is 0 Å². The van der Waals surface area contributed by atoms with E-state index in [1.165, 1.54) is 12.1 Å². The molecule has 0 bridgehead atoms. The Morgan fingerprint density at radius 3 is 2.65 bits per heavy atom. The van der Waals surface area contributed by atoms with Gasteiger partial charge in [-0.05, 0) is 53.9 Å². The standard InChI is InChI=1S/C13H16BrF2N/c1-2-7-17(9-3-4-9)8-10-12(15)6-5-11(14)13(10)16/h5-6,9H,2-4,7-8H2,1H3. The van der Waals surface area contributed by atoms with Crippen LogP contribution >= 0.6 is 15.9 Å². The van der Waals surface area contributed by atoms with Gasteiger partial charge in [-0.1, -0.05) is 6.92 Å². The molecule has 0 amide bonds. The van der Waals surface area contributed by atoms with Gasteiger partial charge in [0.2, 0.25) is 0 Å². The Labute approximate surface area is 109 Å². The van der Waals surface area contributed by atoms with E-state index in [4.69, 9.17) is 0 Å². The molecule has 0 atom stereocenters. The van der Waals surface area contributed by atoms with E-state index in [1.807, 2.05) is 0 Å². The van der Waals surface area contributed by atoms with Crippen LogP contribution in [0.25, 0.3) is 0 Å². The number of nitrogens with zero attached hydrogens (tertiary/aromatic N) is 1. The van der Waals surface area contributed by atoms with Gasteiger partial charge in [-0.25, -0.2) is 8.78 Å². The van der Waals surface area contributed by atoms with E-state index >= 15 is 0 Å². The van der Waals surface area contributed by atoms with Gasteiger partial charge < -0.3 is 0 Å². The summed E-state index contributed by atoms with van der Waals surface area (Å²) in [5, 5.41) is 0. The van der Waals surface area contributed by atoms with Gasteiger partial charge in [0.15, 0.2) is 0 Å². The van der Waals surface area contributed by atoms with E-state index < -0.39 is 11.6 Å². The van der Waals surface area contributed by atoms with Crippen LogP contribution in [0.3, 0.4) is 0 Å². The van der Waals surface area contributed by atoms with Crippen molar-refractivity contribution >= 4 is 15.9 Å². The lowest BCUT2D eigenvalue weighted by Crippen LogP contribution is -2.27. The first-order valence-electron chi connectivity index (χ1n) is 6.00. The van der Waals surface area contributed by atoms with Crippen LogP contribution in [0, 0.1) is 11.6 Å². The Balaban J connectivity index is 2.18. The van der Waals surface area contributed by atoms with Crippen molar-refractivity contribution in [2.75, 3.05) is 6.54 Å². The smallest absolute Gasteiger partial charge is 0.144 e. The van der Waals surface area contributed by atoms with Gasteiger partial charge in [-0.15, -0.1) is 0 Å². The van der Waals surface area contributed by atoms with E-state index in [0.717, 1.165) is 25.8 Å². The lowest BCUT2D eigenvalue weighted by Gasteiger charge is -2.22. The zero-order chi connectivity index (χ0) is 12.4. The van der Waals surface area contributed by atoms with Crippen molar-refractivity contribution in [2.24, 2.45) is 0 Å². The molecular formula is C13H16BrF2N. The Morgan fingerprint density at radius 2 is 2.06 bits per heavy atom. The third-order valence-corrected chi connectivity index (χ3v) is 3.69. The second-order valence-corrected chi connectivity index (χ2v) is 5.38. The summed E-state index contributed by atoms with van der Waals surface area (Å²) in [6.45, 7) is 3.36. The van der Waals surface area contributed by atoms with Crippen molar-refractivity contribution in [1.29, 1.82) is 0 Å². The highest BCUT2D eigenvalue weighted by molar-refractivity contribution is 9.10. The fourth-order valence-corrected chi connectivity index (χ4v) is 2.41. The number of hydrogen-bond acceptors (Lipinski definition) is 1. The summed E-state index contributed by atoms with van der Waals surface area (Å²) in [7, 11) is 0. The molecule has 0 N–H and O–H groups in total. The predicted octanol–water partition coefficient (Wildman–Crippen LogP) is 4.10. The Morgan fingerprint density at radius 1 is 1.35 bits per heavy atom. The van der Waals surface area contributed by atoms with Crippen LogP contribution in [0.2, 0.25) is 0 Å². The van der Waals surface area contributed by atoms with E-state index in [1.54, 1.807) is 0 Å². The summed E-state index contributed by atoms with van der Waals surface area (Å²) in [4.78, 5) is 2.17. The first kappa shape index (κ1) is 13.0. The lowest BCUT2D eigenvalue weighted by molar-refractivity contribution is 0.247. The van der Waals surface area contributed by atoms with Crippen LogP contribution < -0.4 is 0 Å². The fraction of sp³-hybridized carbons (Fsp3) is 0.538. The molecule has 2 rings (SSSR count). The summed E-state index contributed by atoms with van der Waals surface area (Å²) in [5.41, 5.74) is 0.180. The van der Waals surface area contributed by atoms with Gasteiger partial charge >= 0.3 is 0 Å². The van der Waals surface area contributed by atoms with Crippen LogP contribution in [-0.4, -0.2) is 17.5 Å². The van der Waals surface area contributed by atoms with Crippen molar-refractivity contribution in [1.82, 2.24) is 4.90 Å². The molecular weight excluding hydrogens is 288 g/mol. The molecule has 1 aliphatic rings. The molecule has 94 valence electrons. The first-order chi connectivity index (χ1) is 8.13. The van der Waals surface area contributed by atoms with E-state index in [2.05, 4.69) is 27.8 Å². The van der Waals surface area contributed by atoms with E-state index in [-0.39, 0.29) is 5.56 Å². The number of halogens is 3. The molecule has 1 aromatic rings. The average molecular weight is 304 g/mol. The molecule has 0 saturated heterocycles. The minimum atomic E-state index is -0.466. The number of hydrogen-bond donors (Lipinski definition) is 0. The molecule has 1 aliphatic carbocycles. The summed E-state index contributed by atoms with van der Waals surface area (Å²) >= 11 is 3.10. The summed E-state index contributed by atoms with van der Waals surface area (Å²) < 4.78 is 27.8. The van der Waals surface area contributed by atoms with Crippen molar-refractivity contribution < 1.29 is 8.78 Å². The lowest BCUT2D eigenvalue weighted by atomic mass is 10.1. The summed E-state index contributed by atoms with van der Waals surface area (Å²) in [6, 6.07) is 3.25. The molecule has 1 aromatic carbocycles. The van der Waals surface area contributed by atoms with Crippen molar-refractivity contribution in [3.8, 4) is 0 Å². The molecule has 0 spiro atoms. The van der Waals surface area contributed by atoms with Gasteiger partial charge in [-0.2, -0.15) is 0 Å². The molecule has 17 heavy (non-hydrogen) atoms. The minimum absolute atomic E-state index is 0.180. The second-order valence-electron chi connectivity index (χ2n) is 4.52. The average Bonchev–Trinajstić information content (AvgIpc) is 3.12. The Kier molecular flexibility index (Phi) is 4.15. The van der Waals surface area contributed by atoms with E-state index in [0.29, 0.717) is 17.1 Å². The van der Waals surface area contributed by atoms with E-state index in [9.17, 15) is 8.78 Å². The van der Waals surface area contributed by atoms with Crippen molar-refractivity contribution in [3.63, 3.8) is 0 Å². The molecule has 0 radical (unpaired) electrons. The highest BCUT2D eigenvalue weighted by atomic mass is 79.9. The highest BCUT2D eigenvalue weighted by Crippen LogP contribution is 2.30. The maximum absolute atomic E-state index is 13.8. The molecule has 4 heteroatoms.